The molecular formula is C18H33N3O2+2. The van der Waals surface area contributed by atoms with Crippen molar-refractivity contribution in [2.45, 2.75) is 51.1 Å². The second kappa shape index (κ2) is 9.08. The molecule has 23 heavy (non-hydrogen) atoms. The topological polar surface area (TPSA) is 63.3 Å². The third-order valence-corrected chi connectivity index (χ3v) is 5.01. The van der Waals surface area contributed by atoms with Gasteiger partial charge in [0, 0.05) is 6.54 Å². The lowest BCUT2D eigenvalue weighted by molar-refractivity contribution is -0.911. The first-order valence-electron chi connectivity index (χ1n) is 9.02. The summed E-state index contributed by atoms with van der Waals surface area (Å²) in [6.45, 7) is 3.67. The summed E-state index contributed by atoms with van der Waals surface area (Å²) >= 11 is 0. The Kier molecular flexibility index (Phi) is 7.12. The minimum absolute atomic E-state index is 0.0598. The van der Waals surface area contributed by atoms with Crippen molar-refractivity contribution in [2.24, 2.45) is 5.92 Å². The number of hydrogen-bond acceptors (Lipinski definition) is 2. The Bertz CT molecular complexity index is 453. The maximum Gasteiger partial charge on any atom is 0.277 e. The van der Waals surface area contributed by atoms with Gasteiger partial charge in [-0.1, -0.05) is 19.3 Å². The molecule has 1 saturated carbocycles. The normalized spacial score (nSPS) is 18.8. The number of likely N-dealkylation sites (N-methyl/N-ethyl adjacent to an activating group) is 1. The number of carbonyl (C=O) groups excluding carboxylic acids is 1. The summed E-state index contributed by atoms with van der Waals surface area (Å²) in [6.07, 6.45) is 8.24. The van der Waals surface area contributed by atoms with E-state index in [4.69, 9.17) is 4.42 Å². The van der Waals surface area contributed by atoms with Crippen molar-refractivity contribution in [2.75, 3.05) is 27.2 Å². The fraction of sp³-hybridized carbons (Fsp3) is 0.722. The van der Waals surface area contributed by atoms with E-state index in [1.807, 2.05) is 19.1 Å². The lowest BCUT2D eigenvalue weighted by atomic mass is 9.89. The number of nitrogens with one attached hydrogen (secondary N) is 2. The molecule has 5 heteroatoms. The second-order valence-electron chi connectivity index (χ2n) is 7.15. The van der Waals surface area contributed by atoms with Crippen molar-refractivity contribution in [1.82, 2.24) is 5.32 Å². The van der Waals surface area contributed by atoms with Crippen LogP contribution in [0.4, 0.5) is 0 Å². The summed E-state index contributed by atoms with van der Waals surface area (Å²) in [6, 6.07) is 4.14. The van der Waals surface area contributed by atoms with E-state index in [1.54, 1.807) is 6.26 Å². The number of carbonyl (C=O) groups is 1. The second-order valence-corrected chi connectivity index (χ2v) is 7.15. The quantitative estimate of drug-likeness (QED) is 0.636. The molecule has 0 aromatic carbocycles. The smallest absolute Gasteiger partial charge is 0.277 e. The maximum atomic E-state index is 12.3. The van der Waals surface area contributed by atoms with Crippen LogP contribution in [0, 0.1) is 5.92 Å². The standard InChI is InChI=1S/C18H31N3O2/c1-14(18(22)20-12-15-8-5-4-6-9-15)19-13-16(21(2)3)17-10-7-11-23-17/h7,10-11,14-16,19H,4-6,8-9,12-13H2,1-3H3,(H,20,22)/p+2/t14-,16-/m1/s1. The van der Waals surface area contributed by atoms with Crippen LogP contribution in [0.3, 0.4) is 0 Å². The highest BCUT2D eigenvalue weighted by molar-refractivity contribution is 5.79. The molecule has 1 aromatic heterocycles. The summed E-state index contributed by atoms with van der Waals surface area (Å²) in [7, 11) is 4.24. The van der Waals surface area contributed by atoms with E-state index in [2.05, 4.69) is 24.7 Å². The number of furan rings is 1. The van der Waals surface area contributed by atoms with Gasteiger partial charge in [-0.2, -0.15) is 0 Å². The molecule has 0 aliphatic heterocycles. The molecule has 1 aliphatic rings. The van der Waals surface area contributed by atoms with Crippen molar-refractivity contribution in [3.63, 3.8) is 0 Å². The van der Waals surface area contributed by atoms with Crippen LogP contribution in [0.25, 0.3) is 0 Å². The molecule has 1 heterocycles. The van der Waals surface area contributed by atoms with E-state index >= 15 is 0 Å². The van der Waals surface area contributed by atoms with Crippen molar-refractivity contribution < 1.29 is 19.4 Å². The van der Waals surface area contributed by atoms with Crippen molar-refractivity contribution >= 4 is 5.91 Å². The Labute approximate surface area is 139 Å². The highest BCUT2D eigenvalue weighted by Crippen LogP contribution is 2.22. The van der Waals surface area contributed by atoms with Crippen LogP contribution in [-0.2, 0) is 4.79 Å². The van der Waals surface area contributed by atoms with E-state index in [0.29, 0.717) is 5.92 Å². The zero-order valence-electron chi connectivity index (χ0n) is 14.8. The summed E-state index contributed by atoms with van der Waals surface area (Å²) in [5.41, 5.74) is 0. The number of rotatable bonds is 8. The number of nitrogens with two attached hydrogens (primary N) is 1. The van der Waals surface area contributed by atoms with Crippen molar-refractivity contribution in [3.05, 3.63) is 24.2 Å². The molecule has 0 radical (unpaired) electrons. The molecule has 2 atom stereocenters. The molecule has 0 bridgehead atoms. The summed E-state index contributed by atoms with van der Waals surface area (Å²) < 4.78 is 5.54. The van der Waals surface area contributed by atoms with Crippen LogP contribution in [0.5, 0.6) is 0 Å². The fourth-order valence-electron chi connectivity index (χ4n) is 3.37. The number of hydrogen-bond donors (Lipinski definition) is 3. The van der Waals surface area contributed by atoms with Crippen LogP contribution in [0.1, 0.15) is 50.8 Å². The Morgan fingerprint density at radius 3 is 2.74 bits per heavy atom. The molecule has 5 nitrogen and oxygen atoms in total. The van der Waals surface area contributed by atoms with Crippen LogP contribution in [0.15, 0.2) is 22.8 Å². The van der Waals surface area contributed by atoms with Gasteiger partial charge in [-0.15, -0.1) is 0 Å². The van der Waals surface area contributed by atoms with E-state index in [9.17, 15) is 4.79 Å². The highest BCUT2D eigenvalue weighted by atomic mass is 16.3. The van der Waals surface area contributed by atoms with Crippen LogP contribution in [-0.4, -0.2) is 39.1 Å². The molecule has 4 N–H and O–H groups in total. The van der Waals surface area contributed by atoms with E-state index in [-0.39, 0.29) is 18.0 Å². The van der Waals surface area contributed by atoms with Crippen LogP contribution < -0.4 is 15.5 Å². The Hall–Kier alpha value is -1.33. The van der Waals surface area contributed by atoms with Gasteiger partial charge in [-0.25, -0.2) is 0 Å². The maximum absolute atomic E-state index is 12.3. The zero-order valence-corrected chi connectivity index (χ0v) is 14.8. The highest BCUT2D eigenvalue weighted by Gasteiger charge is 2.26. The van der Waals surface area contributed by atoms with E-state index < -0.39 is 0 Å². The third kappa shape index (κ3) is 5.66. The Balaban J connectivity index is 1.74. The first-order valence-corrected chi connectivity index (χ1v) is 9.02. The molecule has 1 amide bonds. The summed E-state index contributed by atoms with van der Waals surface area (Å²) in [5.74, 6) is 1.82. The number of quaternary nitrogens is 2. The third-order valence-electron chi connectivity index (χ3n) is 5.01. The minimum Gasteiger partial charge on any atom is -0.463 e. The van der Waals surface area contributed by atoms with Crippen LogP contribution in [0.2, 0.25) is 0 Å². The molecule has 0 spiro atoms. The van der Waals surface area contributed by atoms with Gasteiger partial charge in [-0.3, -0.25) is 4.79 Å². The SMILES string of the molecule is C[C@@H]([NH2+]C[C@H](c1ccco1)[NH+](C)C)C(=O)NCC1CCCCC1. The molecule has 0 unspecified atom stereocenters. The average Bonchev–Trinajstić information content (AvgIpc) is 3.07. The first kappa shape index (κ1) is 18.0. The predicted octanol–water partition coefficient (Wildman–Crippen LogP) is 0.114. The first-order chi connectivity index (χ1) is 11.1. The molecule has 0 saturated heterocycles. The Morgan fingerprint density at radius 2 is 2.13 bits per heavy atom. The lowest BCUT2D eigenvalue weighted by Gasteiger charge is -2.23. The van der Waals surface area contributed by atoms with Gasteiger partial charge in [0.15, 0.2) is 17.8 Å². The van der Waals surface area contributed by atoms with Crippen molar-refractivity contribution in [3.8, 4) is 0 Å². The van der Waals surface area contributed by atoms with E-state index in [1.165, 1.54) is 37.0 Å². The lowest BCUT2D eigenvalue weighted by Crippen LogP contribution is -3.10. The molecule has 1 aliphatic carbocycles. The molecule has 1 fully saturated rings. The van der Waals surface area contributed by atoms with Gasteiger partial charge in [0.05, 0.1) is 20.4 Å². The number of amides is 1. The average molecular weight is 323 g/mol. The molecule has 130 valence electrons. The van der Waals surface area contributed by atoms with Gasteiger partial charge < -0.3 is 20.0 Å². The van der Waals surface area contributed by atoms with Gasteiger partial charge in [0.25, 0.3) is 5.91 Å². The van der Waals surface area contributed by atoms with Crippen molar-refractivity contribution in [1.29, 1.82) is 0 Å². The molecular weight excluding hydrogens is 290 g/mol. The van der Waals surface area contributed by atoms with Crippen LogP contribution >= 0.6 is 0 Å². The molecule has 2 rings (SSSR count). The summed E-state index contributed by atoms with van der Waals surface area (Å²) in [4.78, 5) is 13.6. The van der Waals surface area contributed by atoms with Gasteiger partial charge in [0.2, 0.25) is 0 Å². The van der Waals surface area contributed by atoms with E-state index in [0.717, 1.165) is 18.8 Å². The summed E-state index contributed by atoms with van der Waals surface area (Å²) in [5, 5.41) is 5.26. The largest absolute Gasteiger partial charge is 0.463 e. The predicted molar refractivity (Wildman–Crippen MR) is 90.1 cm³/mol. The van der Waals surface area contributed by atoms with Gasteiger partial charge in [0.1, 0.15) is 6.54 Å². The Morgan fingerprint density at radius 1 is 1.39 bits per heavy atom. The minimum atomic E-state index is -0.0598. The van der Waals surface area contributed by atoms with Gasteiger partial charge >= 0.3 is 0 Å². The molecule has 1 aromatic rings. The fourth-order valence-corrected chi connectivity index (χ4v) is 3.37. The van der Waals surface area contributed by atoms with Gasteiger partial charge in [-0.05, 0) is 37.8 Å². The zero-order chi connectivity index (χ0) is 16.7. The monoisotopic (exact) mass is 323 g/mol.